The maximum atomic E-state index is 13.1. The van der Waals surface area contributed by atoms with Crippen molar-refractivity contribution in [3.05, 3.63) is 35.6 Å². The van der Waals surface area contributed by atoms with Crippen LogP contribution in [0.25, 0.3) is 0 Å². The van der Waals surface area contributed by atoms with Crippen LogP contribution in [-0.2, 0) is 16.0 Å². The van der Waals surface area contributed by atoms with Gasteiger partial charge >= 0.3 is 0 Å². The largest absolute Gasteiger partial charge is 0.396 e. The van der Waals surface area contributed by atoms with Gasteiger partial charge in [0.25, 0.3) is 0 Å². The van der Waals surface area contributed by atoms with E-state index in [1.165, 1.54) is 12.1 Å². The number of fused-ring (bicyclic) bond motifs is 1. The van der Waals surface area contributed by atoms with E-state index < -0.39 is 0 Å². The van der Waals surface area contributed by atoms with Gasteiger partial charge in [-0.15, -0.1) is 0 Å². The lowest BCUT2D eigenvalue weighted by Crippen LogP contribution is -2.46. The molecule has 2 aliphatic heterocycles. The van der Waals surface area contributed by atoms with Gasteiger partial charge in [0.1, 0.15) is 5.82 Å². The Morgan fingerprint density at radius 2 is 2.29 bits per heavy atom. The molecule has 1 aromatic carbocycles. The minimum Gasteiger partial charge on any atom is -0.396 e. The lowest BCUT2D eigenvalue weighted by Gasteiger charge is -2.34. The summed E-state index contributed by atoms with van der Waals surface area (Å²) in [4.78, 5) is 14.5. The molecule has 0 radical (unpaired) electrons. The number of carbonyl (C=O) groups is 1. The van der Waals surface area contributed by atoms with E-state index in [4.69, 9.17) is 9.84 Å². The predicted molar refractivity (Wildman–Crippen MR) is 88.1 cm³/mol. The molecular formula is C18H25FN2O3. The number of rotatable bonds is 6. The number of amides is 1. The standard InChI is InChI=1S/C18H25FN2O3/c19-14-3-1-2-13(8-14)4-5-18(23)20-15-9-16-12-24-17(6-7-22)11-21(16)10-15/h1-3,8,15-17,22H,4-7,9-12H2,(H,20,23)/t15-,16-,17-/m0/s1. The fourth-order valence-electron chi connectivity index (χ4n) is 3.62. The van der Waals surface area contributed by atoms with E-state index in [2.05, 4.69) is 10.2 Å². The van der Waals surface area contributed by atoms with Gasteiger partial charge in [-0.25, -0.2) is 4.39 Å². The van der Waals surface area contributed by atoms with Crippen molar-refractivity contribution in [2.24, 2.45) is 0 Å². The van der Waals surface area contributed by atoms with Gasteiger partial charge in [-0.05, 0) is 37.0 Å². The first kappa shape index (κ1) is 17.3. The minimum atomic E-state index is -0.266. The maximum Gasteiger partial charge on any atom is 0.220 e. The second kappa shape index (κ2) is 8.05. The summed E-state index contributed by atoms with van der Waals surface area (Å²) in [6.07, 6.45) is 2.57. The highest BCUT2D eigenvalue weighted by molar-refractivity contribution is 5.76. The zero-order chi connectivity index (χ0) is 16.9. The molecule has 0 unspecified atom stereocenters. The second-order valence-electron chi connectivity index (χ2n) is 6.71. The third-order valence-corrected chi connectivity index (χ3v) is 4.84. The van der Waals surface area contributed by atoms with Gasteiger partial charge in [0.15, 0.2) is 0 Å². The number of halogens is 1. The lowest BCUT2D eigenvalue weighted by molar-refractivity contribution is -0.121. The van der Waals surface area contributed by atoms with E-state index in [1.807, 2.05) is 6.07 Å². The highest BCUT2D eigenvalue weighted by Crippen LogP contribution is 2.24. The SMILES string of the molecule is O=C(CCc1cccc(F)c1)N[C@H]1C[C@H]2CO[C@@H](CCO)CN2C1. The Kier molecular flexibility index (Phi) is 5.81. The van der Waals surface area contributed by atoms with Crippen LogP contribution in [0.15, 0.2) is 24.3 Å². The zero-order valence-electron chi connectivity index (χ0n) is 13.8. The van der Waals surface area contributed by atoms with E-state index in [1.54, 1.807) is 6.07 Å². The summed E-state index contributed by atoms with van der Waals surface area (Å²) in [5.41, 5.74) is 0.842. The van der Waals surface area contributed by atoms with Crippen molar-refractivity contribution >= 4 is 5.91 Å². The summed E-state index contributed by atoms with van der Waals surface area (Å²) < 4.78 is 18.9. The molecule has 2 aliphatic rings. The molecule has 0 aliphatic carbocycles. The number of carbonyl (C=O) groups excluding carboxylic acids is 1. The Hall–Kier alpha value is -1.50. The Labute approximate surface area is 141 Å². The molecule has 3 rings (SSSR count). The number of aliphatic hydroxyl groups is 1. The van der Waals surface area contributed by atoms with Gasteiger partial charge in [-0.1, -0.05) is 12.1 Å². The quantitative estimate of drug-likeness (QED) is 0.817. The molecule has 3 atom stereocenters. The van der Waals surface area contributed by atoms with E-state index >= 15 is 0 Å². The van der Waals surface area contributed by atoms with Crippen LogP contribution in [0.3, 0.4) is 0 Å². The van der Waals surface area contributed by atoms with Crippen LogP contribution in [0.4, 0.5) is 4.39 Å². The van der Waals surface area contributed by atoms with Gasteiger partial charge in [0, 0.05) is 38.2 Å². The molecule has 0 saturated carbocycles. The average Bonchev–Trinajstić information content (AvgIpc) is 2.95. The molecule has 132 valence electrons. The molecule has 2 saturated heterocycles. The Bertz CT molecular complexity index is 569. The second-order valence-corrected chi connectivity index (χ2v) is 6.71. The molecular weight excluding hydrogens is 311 g/mol. The van der Waals surface area contributed by atoms with Crippen molar-refractivity contribution in [2.75, 3.05) is 26.3 Å². The summed E-state index contributed by atoms with van der Waals surface area (Å²) in [6, 6.07) is 6.89. The molecule has 0 bridgehead atoms. The zero-order valence-corrected chi connectivity index (χ0v) is 13.8. The van der Waals surface area contributed by atoms with Crippen molar-refractivity contribution in [1.29, 1.82) is 0 Å². The molecule has 1 aromatic rings. The first-order chi connectivity index (χ1) is 11.6. The summed E-state index contributed by atoms with van der Waals surface area (Å²) >= 11 is 0. The maximum absolute atomic E-state index is 13.1. The van der Waals surface area contributed by atoms with Gasteiger partial charge in [-0.2, -0.15) is 0 Å². The fourth-order valence-corrected chi connectivity index (χ4v) is 3.62. The number of benzene rings is 1. The third-order valence-electron chi connectivity index (χ3n) is 4.84. The van der Waals surface area contributed by atoms with E-state index in [0.717, 1.165) is 25.1 Å². The van der Waals surface area contributed by atoms with Crippen LogP contribution in [0.1, 0.15) is 24.8 Å². The number of aliphatic hydroxyl groups excluding tert-OH is 1. The number of nitrogens with zero attached hydrogens (tertiary/aromatic N) is 1. The predicted octanol–water partition coefficient (Wildman–Crippen LogP) is 1.10. The molecule has 1 amide bonds. The van der Waals surface area contributed by atoms with Crippen LogP contribution >= 0.6 is 0 Å². The average molecular weight is 336 g/mol. The normalized spacial score (nSPS) is 27.0. The third kappa shape index (κ3) is 4.53. The summed E-state index contributed by atoms with van der Waals surface area (Å²) in [7, 11) is 0. The first-order valence-electron chi connectivity index (χ1n) is 8.64. The monoisotopic (exact) mass is 336 g/mol. The fraction of sp³-hybridized carbons (Fsp3) is 0.611. The number of nitrogens with one attached hydrogen (secondary N) is 1. The van der Waals surface area contributed by atoms with Crippen LogP contribution < -0.4 is 5.32 Å². The van der Waals surface area contributed by atoms with E-state index in [0.29, 0.717) is 31.9 Å². The molecule has 2 heterocycles. The molecule has 0 aromatic heterocycles. The van der Waals surface area contributed by atoms with Crippen molar-refractivity contribution in [2.45, 2.75) is 43.9 Å². The van der Waals surface area contributed by atoms with Crippen molar-refractivity contribution in [3.8, 4) is 0 Å². The Morgan fingerprint density at radius 3 is 3.08 bits per heavy atom. The first-order valence-corrected chi connectivity index (χ1v) is 8.64. The number of hydrogen-bond acceptors (Lipinski definition) is 4. The van der Waals surface area contributed by atoms with Gasteiger partial charge in [0.2, 0.25) is 5.91 Å². The highest BCUT2D eigenvalue weighted by Gasteiger charge is 2.37. The van der Waals surface area contributed by atoms with Crippen molar-refractivity contribution in [1.82, 2.24) is 10.2 Å². The topological polar surface area (TPSA) is 61.8 Å². The van der Waals surface area contributed by atoms with Crippen LogP contribution in [0.5, 0.6) is 0 Å². The minimum absolute atomic E-state index is 0.0111. The van der Waals surface area contributed by atoms with Crippen molar-refractivity contribution in [3.63, 3.8) is 0 Å². The molecule has 24 heavy (non-hydrogen) atoms. The highest BCUT2D eigenvalue weighted by atomic mass is 19.1. The smallest absolute Gasteiger partial charge is 0.220 e. The molecule has 2 N–H and O–H groups in total. The molecule has 0 spiro atoms. The van der Waals surface area contributed by atoms with Crippen LogP contribution in [-0.4, -0.2) is 60.4 Å². The number of morpholine rings is 1. The van der Waals surface area contributed by atoms with Gasteiger partial charge < -0.3 is 15.2 Å². The summed E-state index contributed by atoms with van der Waals surface area (Å²) in [6.45, 7) is 2.46. The van der Waals surface area contributed by atoms with E-state index in [9.17, 15) is 9.18 Å². The van der Waals surface area contributed by atoms with Crippen LogP contribution in [0, 0.1) is 5.82 Å². The van der Waals surface area contributed by atoms with Crippen LogP contribution in [0.2, 0.25) is 0 Å². The number of ether oxygens (including phenoxy) is 1. The molecule has 5 nitrogen and oxygen atoms in total. The number of hydrogen-bond donors (Lipinski definition) is 2. The Balaban J connectivity index is 1.43. The molecule has 6 heteroatoms. The summed E-state index contributed by atoms with van der Waals surface area (Å²) in [5.74, 6) is -0.255. The number of aryl methyl sites for hydroxylation is 1. The van der Waals surface area contributed by atoms with Crippen molar-refractivity contribution < 1.29 is 19.0 Å². The van der Waals surface area contributed by atoms with Gasteiger partial charge in [0.05, 0.1) is 12.7 Å². The molecule has 2 fully saturated rings. The van der Waals surface area contributed by atoms with E-state index in [-0.39, 0.29) is 30.5 Å². The Morgan fingerprint density at radius 1 is 1.42 bits per heavy atom. The van der Waals surface area contributed by atoms with Gasteiger partial charge in [-0.3, -0.25) is 9.69 Å². The lowest BCUT2D eigenvalue weighted by atomic mass is 10.1. The summed E-state index contributed by atoms with van der Waals surface area (Å²) in [5, 5.41) is 12.1.